The van der Waals surface area contributed by atoms with Gasteiger partial charge in [-0.2, -0.15) is 0 Å². The lowest BCUT2D eigenvalue weighted by Gasteiger charge is -2.31. The van der Waals surface area contributed by atoms with Crippen LogP contribution in [0.15, 0.2) is 18.2 Å². The van der Waals surface area contributed by atoms with Crippen molar-refractivity contribution in [1.82, 2.24) is 10.2 Å². The van der Waals surface area contributed by atoms with Crippen LogP contribution in [-0.4, -0.2) is 51.0 Å². The third-order valence-corrected chi connectivity index (χ3v) is 4.09. The highest BCUT2D eigenvalue weighted by atomic mass is 16.6. The van der Waals surface area contributed by atoms with Crippen molar-refractivity contribution >= 4 is 6.09 Å². The molecule has 1 N–H and O–H groups in total. The molecular weight excluding hydrogens is 296 g/mol. The van der Waals surface area contributed by atoms with Gasteiger partial charge < -0.3 is 24.4 Å². The van der Waals surface area contributed by atoms with Crippen LogP contribution >= 0.6 is 0 Å². The summed E-state index contributed by atoms with van der Waals surface area (Å²) in [4.78, 5) is 13.5. The molecule has 128 valence electrons. The summed E-state index contributed by atoms with van der Waals surface area (Å²) in [5.41, 5.74) is 1.07. The summed E-state index contributed by atoms with van der Waals surface area (Å²) in [6, 6.07) is 6.18. The largest absolute Gasteiger partial charge is 0.497 e. The summed E-state index contributed by atoms with van der Waals surface area (Å²) in [6.45, 7) is 4.42. The second-order valence-corrected chi connectivity index (χ2v) is 5.52. The molecule has 1 aliphatic rings. The van der Waals surface area contributed by atoms with Crippen LogP contribution in [-0.2, 0) is 11.3 Å². The fourth-order valence-corrected chi connectivity index (χ4v) is 2.76. The van der Waals surface area contributed by atoms with Crippen molar-refractivity contribution in [3.8, 4) is 11.5 Å². The zero-order valence-corrected chi connectivity index (χ0v) is 14.1. The topological polar surface area (TPSA) is 60.0 Å². The summed E-state index contributed by atoms with van der Waals surface area (Å²) >= 11 is 0. The molecular formula is C17H26N2O4. The zero-order chi connectivity index (χ0) is 16.7. The molecule has 1 fully saturated rings. The first-order valence-electron chi connectivity index (χ1n) is 8.04. The van der Waals surface area contributed by atoms with Crippen molar-refractivity contribution in [1.29, 1.82) is 0 Å². The Morgan fingerprint density at radius 3 is 2.61 bits per heavy atom. The highest BCUT2D eigenvalue weighted by Gasteiger charge is 2.23. The summed E-state index contributed by atoms with van der Waals surface area (Å²) in [5, 5.41) is 3.54. The number of hydrogen-bond donors (Lipinski definition) is 1. The van der Waals surface area contributed by atoms with Crippen LogP contribution < -0.4 is 14.8 Å². The van der Waals surface area contributed by atoms with Gasteiger partial charge in [0.25, 0.3) is 0 Å². The molecule has 0 bridgehead atoms. The standard InChI is InChI=1S/C17H26N2O4/c1-4-23-17(20)19-9-7-14(8-10-19)18-12-13-11-15(21-2)5-6-16(13)22-3/h5-6,11,14,18H,4,7-10,12H2,1-3H3. The second-order valence-electron chi connectivity index (χ2n) is 5.52. The second kappa shape index (κ2) is 8.62. The van der Waals surface area contributed by atoms with Gasteiger partial charge in [-0.25, -0.2) is 4.79 Å². The molecule has 1 aliphatic heterocycles. The molecule has 1 heterocycles. The Kier molecular flexibility index (Phi) is 6.52. The summed E-state index contributed by atoms with van der Waals surface area (Å²) in [7, 11) is 3.33. The van der Waals surface area contributed by atoms with Gasteiger partial charge >= 0.3 is 6.09 Å². The van der Waals surface area contributed by atoms with E-state index in [2.05, 4.69) is 5.32 Å². The van der Waals surface area contributed by atoms with Gasteiger partial charge in [0.15, 0.2) is 0 Å². The van der Waals surface area contributed by atoms with Crippen molar-refractivity contribution < 1.29 is 19.0 Å². The molecule has 0 atom stereocenters. The van der Waals surface area contributed by atoms with E-state index in [4.69, 9.17) is 14.2 Å². The highest BCUT2D eigenvalue weighted by molar-refractivity contribution is 5.67. The van der Waals surface area contributed by atoms with Crippen LogP contribution in [0.2, 0.25) is 0 Å². The van der Waals surface area contributed by atoms with Crippen LogP contribution in [0.3, 0.4) is 0 Å². The van der Waals surface area contributed by atoms with Crippen LogP contribution in [0.25, 0.3) is 0 Å². The van der Waals surface area contributed by atoms with E-state index in [1.807, 2.05) is 25.1 Å². The van der Waals surface area contributed by atoms with Crippen molar-refractivity contribution in [2.24, 2.45) is 0 Å². The molecule has 0 radical (unpaired) electrons. The third kappa shape index (κ3) is 4.76. The Morgan fingerprint density at radius 1 is 1.26 bits per heavy atom. The quantitative estimate of drug-likeness (QED) is 0.871. The van der Waals surface area contributed by atoms with Crippen LogP contribution in [0.4, 0.5) is 4.79 Å². The van der Waals surface area contributed by atoms with Crippen LogP contribution in [0, 0.1) is 0 Å². The molecule has 23 heavy (non-hydrogen) atoms. The molecule has 1 saturated heterocycles. The first-order valence-corrected chi connectivity index (χ1v) is 8.04. The number of carbonyl (C=O) groups excluding carboxylic acids is 1. The lowest BCUT2D eigenvalue weighted by molar-refractivity contribution is 0.0950. The van der Waals surface area contributed by atoms with Gasteiger partial charge in [-0.15, -0.1) is 0 Å². The number of nitrogens with one attached hydrogen (secondary N) is 1. The first-order chi connectivity index (χ1) is 11.2. The first kappa shape index (κ1) is 17.4. The molecule has 6 heteroatoms. The van der Waals surface area contributed by atoms with Crippen molar-refractivity contribution in [3.63, 3.8) is 0 Å². The van der Waals surface area contributed by atoms with E-state index in [0.29, 0.717) is 19.2 Å². The van der Waals surface area contributed by atoms with Gasteiger partial charge in [0.05, 0.1) is 20.8 Å². The number of nitrogens with zero attached hydrogens (tertiary/aromatic N) is 1. The van der Waals surface area contributed by atoms with Gasteiger partial charge in [0.1, 0.15) is 11.5 Å². The molecule has 1 aromatic rings. The number of rotatable bonds is 6. The van der Waals surface area contributed by atoms with Gasteiger partial charge in [-0.05, 0) is 38.0 Å². The Balaban J connectivity index is 1.84. The summed E-state index contributed by atoms with van der Waals surface area (Å²) < 4.78 is 15.7. The van der Waals surface area contributed by atoms with E-state index in [9.17, 15) is 4.79 Å². The van der Waals surface area contributed by atoms with E-state index in [1.54, 1.807) is 19.1 Å². The van der Waals surface area contributed by atoms with Crippen LogP contribution in [0.1, 0.15) is 25.3 Å². The Hall–Kier alpha value is -1.95. The van der Waals surface area contributed by atoms with Crippen LogP contribution in [0.5, 0.6) is 11.5 Å². The Morgan fingerprint density at radius 2 is 2.00 bits per heavy atom. The monoisotopic (exact) mass is 322 g/mol. The lowest BCUT2D eigenvalue weighted by atomic mass is 10.0. The normalized spacial score (nSPS) is 15.3. The van der Waals surface area contributed by atoms with E-state index in [0.717, 1.165) is 43.0 Å². The average Bonchev–Trinajstić information content (AvgIpc) is 2.60. The minimum atomic E-state index is -0.208. The molecule has 2 rings (SSSR count). The maximum Gasteiger partial charge on any atom is 0.409 e. The number of amides is 1. The Bertz CT molecular complexity index is 513. The average molecular weight is 322 g/mol. The summed E-state index contributed by atoms with van der Waals surface area (Å²) in [6.07, 6.45) is 1.64. The lowest BCUT2D eigenvalue weighted by Crippen LogP contribution is -2.44. The fraction of sp³-hybridized carbons (Fsp3) is 0.588. The number of likely N-dealkylation sites (tertiary alicyclic amines) is 1. The van der Waals surface area contributed by atoms with Crippen molar-refractivity contribution in [2.75, 3.05) is 33.9 Å². The van der Waals surface area contributed by atoms with Gasteiger partial charge in [-0.1, -0.05) is 0 Å². The molecule has 0 aliphatic carbocycles. The van der Waals surface area contributed by atoms with E-state index >= 15 is 0 Å². The van der Waals surface area contributed by atoms with E-state index in [1.165, 1.54) is 0 Å². The smallest absolute Gasteiger partial charge is 0.409 e. The highest BCUT2D eigenvalue weighted by Crippen LogP contribution is 2.24. The van der Waals surface area contributed by atoms with Gasteiger partial charge in [0, 0.05) is 31.2 Å². The number of piperidine rings is 1. The zero-order valence-electron chi connectivity index (χ0n) is 14.1. The van der Waals surface area contributed by atoms with E-state index < -0.39 is 0 Å². The molecule has 0 saturated carbocycles. The number of methoxy groups -OCH3 is 2. The van der Waals surface area contributed by atoms with Crippen molar-refractivity contribution in [3.05, 3.63) is 23.8 Å². The number of carbonyl (C=O) groups is 1. The van der Waals surface area contributed by atoms with E-state index in [-0.39, 0.29) is 6.09 Å². The molecule has 0 unspecified atom stereocenters. The Labute approximate surface area is 137 Å². The summed E-state index contributed by atoms with van der Waals surface area (Å²) in [5.74, 6) is 1.67. The predicted molar refractivity (Wildman–Crippen MR) is 88.0 cm³/mol. The number of benzene rings is 1. The van der Waals surface area contributed by atoms with Crippen molar-refractivity contribution in [2.45, 2.75) is 32.4 Å². The minimum Gasteiger partial charge on any atom is -0.497 e. The maximum absolute atomic E-state index is 11.7. The SMILES string of the molecule is CCOC(=O)N1CCC(NCc2cc(OC)ccc2OC)CC1. The molecule has 6 nitrogen and oxygen atoms in total. The third-order valence-electron chi connectivity index (χ3n) is 4.09. The molecule has 0 spiro atoms. The maximum atomic E-state index is 11.7. The molecule has 1 amide bonds. The van der Waals surface area contributed by atoms with Gasteiger partial charge in [-0.3, -0.25) is 0 Å². The number of ether oxygens (including phenoxy) is 3. The predicted octanol–water partition coefficient (Wildman–Crippen LogP) is 2.41. The fourth-order valence-electron chi connectivity index (χ4n) is 2.76. The number of hydrogen-bond acceptors (Lipinski definition) is 5. The molecule has 0 aromatic heterocycles. The van der Waals surface area contributed by atoms with Gasteiger partial charge in [0.2, 0.25) is 0 Å². The molecule has 1 aromatic carbocycles. The minimum absolute atomic E-state index is 0.208.